The van der Waals surface area contributed by atoms with Crippen LogP contribution in [-0.2, 0) is 4.79 Å². The third-order valence-corrected chi connectivity index (χ3v) is 1.43. The average Bonchev–Trinajstić information content (AvgIpc) is 1.84. The number of carbonyl (C=O) groups is 1. The van der Waals surface area contributed by atoms with Gasteiger partial charge in [0.05, 0.1) is 7.85 Å². The maximum atomic E-state index is 10.3. The van der Waals surface area contributed by atoms with Crippen molar-refractivity contribution in [3.8, 4) is 0 Å². The van der Waals surface area contributed by atoms with Crippen molar-refractivity contribution in [3.05, 3.63) is 0 Å². The summed E-state index contributed by atoms with van der Waals surface area (Å²) in [7, 11) is 5.31. The van der Waals surface area contributed by atoms with E-state index in [0.29, 0.717) is 13.0 Å². The first-order chi connectivity index (χ1) is 5.33. The minimum atomic E-state index is -0.939. The summed E-state index contributed by atoms with van der Waals surface area (Å²) in [6, 6.07) is 0. The van der Waals surface area contributed by atoms with Crippen LogP contribution in [0.5, 0.6) is 0 Å². The zero-order chi connectivity index (χ0) is 9.78. The second-order valence-electron chi connectivity index (χ2n) is 3.91. The summed E-state index contributed by atoms with van der Waals surface area (Å²) >= 11 is 0. The molecule has 1 atom stereocenters. The first-order valence-corrected chi connectivity index (χ1v) is 4.06. The summed E-state index contributed by atoms with van der Waals surface area (Å²) < 4.78 is 0. The molecule has 0 rings (SSSR count). The van der Waals surface area contributed by atoms with Gasteiger partial charge in [-0.2, -0.15) is 0 Å². The van der Waals surface area contributed by atoms with Crippen LogP contribution in [0.25, 0.3) is 0 Å². The molecule has 2 radical (unpaired) electrons. The van der Waals surface area contributed by atoms with Gasteiger partial charge in [-0.05, 0) is 33.7 Å². The second-order valence-corrected chi connectivity index (χ2v) is 3.91. The van der Waals surface area contributed by atoms with Crippen molar-refractivity contribution in [2.75, 3.05) is 6.54 Å². The van der Waals surface area contributed by atoms with Gasteiger partial charge in [0.25, 0.3) is 5.97 Å². The van der Waals surface area contributed by atoms with Gasteiger partial charge in [-0.25, -0.2) is 0 Å². The van der Waals surface area contributed by atoms with Gasteiger partial charge >= 0.3 is 0 Å². The lowest BCUT2D eigenvalue weighted by Crippen LogP contribution is -2.37. The quantitative estimate of drug-likeness (QED) is 0.612. The van der Waals surface area contributed by atoms with Crippen LogP contribution in [0.4, 0.5) is 0 Å². The van der Waals surface area contributed by atoms with Gasteiger partial charge in [0.1, 0.15) is 0 Å². The standard InChI is InChI=1S/C8H16BNO2/c1-8(2,3)10-5-4-6(9)7(11)12/h6,10H,4-5H2,1-3H3,(H,11,12). The number of nitrogens with one attached hydrogen (secondary N) is 1. The van der Waals surface area contributed by atoms with Crippen molar-refractivity contribution in [2.24, 2.45) is 0 Å². The fourth-order valence-electron chi connectivity index (χ4n) is 0.726. The van der Waals surface area contributed by atoms with Gasteiger partial charge in [0.15, 0.2) is 0 Å². The fourth-order valence-corrected chi connectivity index (χ4v) is 0.726. The highest BCUT2D eigenvalue weighted by Crippen LogP contribution is 2.05. The van der Waals surface area contributed by atoms with Crippen LogP contribution in [0, 0.1) is 0 Å². The number of aliphatic carboxylic acids is 1. The van der Waals surface area contributed by atoms with Crippen LogP contribution in [0.2, 0.25) is 5.82 Å². The monoisotopic (exact) mass is 169 g/mol. The lowest BCUT2D eigenvalue weighted by Gasteiger charge is -2.21. The smallest absolute Gasteiger partial charge is 0.297 e. The summed E-state index contributed by atoms with van der Waals surface area (Å²) in [6.45, 7) is 6.72. The lowest BCUT2D eigenvalue weighted by atomic mass is 9.84. The Morgan fingerprint density at radius 3 is 2.42 bits per heavy atom. The molecule has 12 heavy (non-hydrogen) atoms. The zero-order valence-electron chi connectivity index (χ0n) is 7.92. The van der Waals surface area contributed by atoms with E-state index in [4.69, 9.17) is 13.0 Å². The molecular weight excluding hydrogens is 153 g/mol. The Morgan fingerprint density at radius 1 is 1.58 bits per heavy atom. The predicted octanol–water partition coefficient (Wildman–Crippen LogP) is 0.806. The van der Waals surface area contributed by atoms with Gasteiger partial charge in [-0.15, -0.1) is 0 Å². The highest BCUT2D eigenvalue weighted by molar-refractivity contribution is 6.22. The Morgan fingerprint density at radius 2 is 2.08 bits per heavy atom. The number of hydrogen-bond donors (Lipinski definition) is 2. The highest BCUT2D eigenvalue weighted by atomic mass is 16.4. The van der Waals surface area contributed by atoms with Crippen molar-refractivity contribution >= 4 is 13.8 Å². The highest BCUT2D eigenvalue weighted by Gasteiger charge is 2.12. The van der Waals surface area contributed by atoms with E-state index in [-0.39, 0.29) is 5.54 Å². The van der Waals surface area contributed by atoms with Crippen LogP contribution in [0.1, 0.15) is 27.2 Å². The van der Waals surface area contributed by atoms with E-state index in [2.05, 4.69) is 5.32 Å². The maximum absolute atomic E-state index is 10.3. The van der Waals surface area contributed by atoms with Gasteiger partial charge in [-0.3, -0.25) is 4.79 Å². The molecule has 0 fully saturated rings. The Kier molecular flexibility index (Phi) is 4.31. The molecule has 0 aromatic rings. The zero-order valence-corrected chi connectivity index (χ0v) is 7.92. The first kappa shape index (κ1) is 11.5. The molecule has 0 saturated carbocycles. The summed E-state index contributed by atoms with van der Waals surface area (Å²) in [4.78, 5) is 10.3. The maximum Gasteiger partial charge on any atom is 0.297 e. The molecule has 0 amide bonds. The SMILES string of the molecule is [B]C(CCNC(C)(C)C)C(=O)O. The minimum Gasteiger partial charge on any atom is -0.482 e. The van der Waals surface area contributed by atoms with Crippen molar-refractivity contribution in [2.45, 2.75) is 38.5 Å². The molecule has 3 nitrogen and oxygen atoms in total. The molecule has 0 aliphatic carbocycles. The molecule has 0 aromatic heterocycles. The second kappa shape index (κ2) is 4.50. The third kappa shape index (κ3) is 6.22. The number of rotatable bonds is 4. The van der Waals surface area contributed by atoms with E-state index in [1.54, 1.807) is 0 Å². The summed E-state index contributed by atoms with van der Waals surface area (Å²) in [5.41, 5.74) is 0.0260. The molecular formula is C8H16BNO2. The molecule has 0 bridgehead atoms. The largest absolute Gasteiger partial charge is 0.482 e. The summed E-state index contributed by atoms with van der Waals surface area (Å²) in [6.07, 6.45) is 0.465. The molecule has 0 aromatic carbocycles. The molecule has 1 unspecified atom stereocenters. The normalized spacial score (nSPS) is 14.2. The minimum absolute atomic E-state index is 0.0260. The molecule has 4 heteroatoms. The van der Waals surface area contributed by atoms with Gasteiger partial charge < -0.3 is 10.4 Å². The molecule has 68 valence electrons. The Hall–Kier alpha value is -0.505. The average molecular weight is 169 g/mol. The summed E-state index contributed by atoms with van der Waals surface area (Å²) in [5.74, 6) is -1.69. The summed E-state index contributed by atoms with van der Waals surface area (Å²) in [5, 5.41) is 11.6. The molecule has 0 heterocycles. The van der Waals surface area contributed by atoms with Gasteiger partial charge in [0, 0.05) is 11.4 Å². The molecule has 2 N–H and O–H groups in total. The van der Waals surface area contributed by atoms with Crippen molar-refractivity contribution in [1.82, 2.24) is 5.32 Å². The van der Waals surface area contributed by atoms with Crippen LogP contribution in [0.3, 0.4) is 0 Å². The number of hydrogen-bond acceptors (Lipinski definition) is 2. The third-order valence-electron chi connectivity index (χ3n) is 1.43. The van der Waals surface area contributed by atoms with Crippen LogP contribution in [0.15, 0.2) is 0 Å². The van der Waals surface area contributed by atoms with Gasteiger partial charge in [0.2, 0.25) is 0 Å². The Bertz CT molecular complexity index is 154. The van der Waals surface area contributed by atoms with Crippen molar-refractivity contribution < 1.29 is 9.90 Å². The van der Waals surface area contributed by atoms with E-state index in [1.807, 2.05) is 20.8 Å². The Balaban J connectivity index is 3.51. The van der Waals surface area contributed by atoms with Crippen molar-refractivity contribution in [1.29, 1.82) is 0 Å². The molecule has 0 aliphatic heterocycles. The van der Waals surface area contributed by atoms with Crippen molar-refractivity contribution in [3.63, 3.8) is 0 Å². The van der Waals surface area contributed by atoms with E-state index in [0.717, 1.165) is 0 Å². The molecule has 0 saturated heterocycles. The molecule has 0 spiro atoms. The molecule has 0 aliphatic rings. The topological polar surface area (TPSA) is 49.3 Å². The van der Waals surface area contributed by atoms with Gasteiger partial charge in [-0.1, -0.05) is 0 Å². The van der Waals surface area contributed by atoms with Crippen LogP contribution < -0.4 is 5.32 Å². The van der Waals surface area contributed by atoms with E-state index < -0.39 is 11.8 Å². The van der Waals surface area contributed by atoms with Crippen LogP contribution in [-0.4, -0.2) is 31.0 Å². The predicted molar refractivity (Wildman–Crippen MR) is 49.5 cm³/mol. The Labute approximate surface area is 75.0 Å². The number of carboxylic acid groups (broad SMARTS) is 1. The number of carboxylic acids is 1. The fraction of sp³-hybridized carbons (Fsp3) is 0.875. The van der Waals surface area contributed by atoms with E-state index in [1.165, 1.54) is 0 Å². The lowest BCUT2D eigenvalue weighted by molar-refractivity contribution is -0.137. The first-order valence-electron chi connectivity index (χ1n) is 4.06. The van der Waals surface area contributed by atoms with E-state index in [9.17, 15) is 4.79 Å². The van der Waals surface area contributed by atoms with E-state index >= 15 is 0 Å². The van der Waals surface area contributed by atoms with Crippen LogP contribution >= 0.6 is 0 Å².